The summed E-state index contributed by atoms with van der Waals surface area (Å²) >= 11 is 0. The highest BCUT2D eigenvalue weighted by molar-refractivity contribution is 7.92. The number of benzene rings is 1. The Balaban J connectivity index is 1.59. The molecule has 0 atom stereocenters. The first-order valence-electron chi connectivity index (χ1n) is 10.2. The number of pyridine rings is 1. The van der Waals surface area contributed by atoms with Gasteiger partial charge in [0.2, 0.25) is 21.8 Å². The van der Waals surface area contributed by atoms with E-state index in [-0.39, 0.29) is 18.3 Å². The molecule has 0 radical (unpaired) electrons. The molecule has 0 aliphatic carbocycles. The first-order chi connectivity index (χ1) is 17.0. The second kappa shape index (κ2) is 9.73. The number of aryl methyl sites for hydroxylation is 1. The molecule has 4 rings (SSSR count). The van der Waals surface area contributed by atoms with Gasteiger partial charge in [-0.05, 0) is 48.0 Å². The standard InChI is InChI=1S/C20H19F3N10O2S/c1-11-7-8-24-17(31-36(2,34)35)14(11)9-25-18-15(20(21,22)23)10-26-19(28-18)27-13-5-3-12(4-6-13)16-29-32-33-30-16/h3-8,10H,9H2,1-2H3,(H,24,31)(H2,25,26,27,28)(H,29,30,32,33). The lowest BCUT2D eigenvalue weighted by atomic mass is 10.1. The fraction of sp³-hybridized carbons (Fsp3) is 0.200. The average molecular weight is 521 g/mol. The van der Waals surface area contributed by atoms with Crippen molar-refractivity contribution in [3.63, 3.8) is 0 Å². The van der Waals surface area contributed by atoms with Crippen LogP contribution in [-0.4, -0.2) is 50.2 Å². The molecule has 36 heavy (non-hydrogen) atoms. The average Bonchev–Trinajstić information content (AvgIpc) is 3.32. The Morgan fingerprint density at radius 1 is 1.06 bits per heavy atom. The molecule has 1 aromatic carbocycles. The number of tetrazole rings is 1. The van der Waals surface area contributed by atoms with Gasteiger partial charge in [-0.25, -0.2) is 18.4 Å². The van der Waals surface area contributed by atoms with Crippen LogP contribution in [0, 0.1) is 6.92 Å². The molecule has 0 aliphatic heterocycles. The molecule has 3 aromatic heterocycles. The molecule has 188 valence electrons. The van der Waals surface area contributed by atoms with Crippen molar-refractivity contribution in [3.05, 3.63) is 59.4 Å². The molecule has 0 bridgehead atoms. The number of aromatic amines is 1. The fourth-order valence-corrected chi connectivity index (χ4v) is 3.67. The third-order valence-electron chi connectivity index (χ3n) is 4.84. The highest BCUT2D eigenvalue weighted by atomic mass is 32.2. The molecular weight excluding hydrogens is 501 g/mol. The number of H-pyrrole nitrogens is 1. The van der Waals surface area contributed by atoms with Gasteiger partial charge < -0.3 is 10.6 Å². The summed E-state index contributed by atoms with van der Waals surface area (Å²) in [6.07, 6.45) is -1.72. The summed E-state index contributed by atoms with van der Waals surface area (Å²) in [5.41, 5.74) is 1.08. The van der Waals surface area contributed by atoms with E-state index < -0.39 is 27.6 Å². The molecular formula is C20H19F3N10O2S. The number of rotatable bonds is 8. The van der Waals surface area contributed by atoms with Crippen LogP contribution in [0.5, 0.6) is 0 Å². The Morgan fingerprint density at radius 2 is 1.81 bits per heavy atom. The van der Waals surface area contributed by atoms with E-state index in [9.17, 15) is 21.6 Å². The Kier molecular flexibility index (Phi) is 6.69. The summed E-state index contributed by atoms with van der Waals surface area (Å²) < 4.78 is 66.5. The van der Waals surface area contributed by atoms with E-state index in [2.05, 4.69) is 50.9 Å². The molecule has 16 heteroatoms. The molecule has 0 saturated carbocycles. The number of nitrogens with zero attached hydrogens (tertiary/aromatic N) is 6. The summed E-state index contributed by atoms with van der Waals surface area (Å²) in [5.74, 6) is -0.186. The zero-order valence-corrected chi connectivity index (χ0v) is 19.6. The molecule has 12 nitrogen and oxygen atoms in total. The lowest BCUT2D eigenvalue weighted by molar-refractivity contribution is -0.137. The zero-order valence-electron chi connectivity index (χ0n) is 18.8. The van der Waals surface area contributed by atoms with Crippen LogP contribution in [0.3, 0.4) is 0 Å². The molecule has 0 spiro atoms. The molecule has 0 saturated heterocycles. The van der Waals surface area contributed by atoms with Crippen LogP contribution in [0.1, 0.15) is 16.7 Å². The van der Waals surface area contributed by atoms with Gasteiger partial charge >= 0.3 is 6.18 Å². The summed E-state index contributed by atoms with van der Waals surface area (Å²) in [7, 11) is -3.66. The van der Waals surface area contributed by atoms with Crippen LogP contribution >= 0.6 is 0 Å². The summed E-state index contributed by atoms with van der Waals surface area (Å²) in [6, 6.07) is 8.31. The lowest BCUT2D eigenvalue weighted by Gasteiger charge is -2.17. The fourth-order valence-electron chi connectivity index (χ4n) is 3.15. The van der Waals surface area contributed by atoms with Crippen molar-refractivity contribution in [2.24, 2.45) is 0 Å². The Morgan fingerprint density at radius 3 is 2.44 bits per heavy atom. The first kappa shape index (κ1) is 24.8. The zero-order chi connectivity index (χ0) is 25.9. The van der Waals surface area contributed by atoms with Gasteiger partial charge in [0.05, 0.1) is 6.26 Å². The summed E-state index contributed by atoms with van der Waals surface area (Å²) in [6.45, 7) is 1.50. The number of nitrogens with one attached hydrogen (secondary N) is 4. The van der Waals surface area contributed by atoms with Gasteiger partial charge in [0.25, 0.3) is 0 Å². The quantitative estimate of drug-likeness (QED) is 0.271. The van der Waals surface area contributed by atoms with E-state index in [1.807, 2.05) is 0 Å². The van der Waals surface area contributed by atoms with Crippen molar-refractivity contribution >= 4 is 33.3 Å². The predicted octanol–water partition coefficient (Wildman–Crippen LogP) is 3.11. The van der Waals surface area contributed by atoms with Crippen molar-refractivity contribution < 1.29 is 21.6 Å². The monoisotopic (exact) mass is 520 g/mol. The van der Waals surface area contributed by atoms with E-state index in [1.165, 1.54) is 6.20 Å². The maximum absolute atomic E-state index is 13.6. The minimum absolute atomic E-state index is 0.00709. The van der Waals surface area contributed by atoms with Crippen LogP contribution < -0.4 is 15.4 Å². The maximum atomic E-state index is 13.6. The molecule has 4 aromatic rings. The number of halogens is 3. The molecule has 0 unspecified atom stereocenters. The highest BCUT2D eigenvalue weighted by Gasteiger charge is 2.35. The predicted molar refractivity (Wildman–Crippen MR) is 125 cm³/mol. The number of anilines is 4. The van der Waals surface area contributed by atoms with Crippen LogP contribution in [0.2, 0.25) is 0 Å². The number of aromatic nitrogens is 7. The second-order valence-electron chi connectivity index (χ2n) is 7.57. The van der Waals surface area contributed by atoms with Crippen molar-refractivity contribution in [1.82, 2.24) is 35.6 Å². The van der Waals surface area contributed by atoms with E-state index in [0.29, 0.717) is 34.4 Å². The number of sulfonamides is 1. The summed E-state index contributed by atoms with van der Waals surface area (Å²) in [4.78, 5) is 11.8. The molecule has 0 aliphatic rings. The Hall–Kier alpha value is -4.34. The highest BCUT2D eigenvalue weighted by Crippen LogP contribution is 2.34. The van der Waals surface area contributed by atoms with E-state index in [0.717, 1.165) is 6.26 Å². The number of alkyl halides is 3. The van der Waals surface area contributed by atoms with Gasteiger partial charge in [0, 0.05) is 35.8 Å². The van der Waals surface area contributed by atoms with Crippen molar-refractivity contribution in [1.29, 1.82) is 0 Å². The van der Waals surface area contributed by atoms with Gasteiger partial charge in [-0.2, -0.15) is 23.4 Å². The van der Waals surface area contributed by atoms with Crippen LogP contribution in [-0.2, 0) is 22.7 Å². The Bertz CT molecular complexity index is 1460. The third kappa shape index (κ3) is 6.01. The number of hydrogen-bond donors (Lipinski definition) is 4. The van der Waals surface area contributed by atoms with Gasteiger partial charge in [0.15, 0.2) is 0 Å². The maximum Gasteiger partial charge on any atom is 0.421 e. The number of hydrogen-bond acceptors (Lipinski definition) is 10. The van der Waals surface area contributed by atoms with Gasteiger partial charge in [-0.15, -0.1) is 10.2 Å². The second-order valence-corrected chi connectivity index (χ2v) is 9.32. The SMILES string of the molecule is Cc1ccnc(NS(C)(=O)=O)c1CNc1nc(Nc2ccc(-c3nn[nH]n3)cc2)ncc1C(F)(F)F. The van der Waals surface area contributed by atoms with E-state index in [4.69, 9.17) is 0 Å². The molecule has 4 N–H and O–H groups in total. The van der Waals surface area contributed by atoms with Crippen LogP contribution in [0.25, 0.3) is 11.4 Å². The van der Waals surface area contributed by atoms with Crippen molar-refractivity contribution in [2.75, 3.05) is 21.6 Å². The van der Waals surface area contributed by atoms with Crippen molar-refractivity contribution in [2.45, 2.75) is 19.6 Å². The van der Waals surface area contributed by atoms with Crippen molar-refractivity contribution in [3.8, 4) is 11.4 Å². The molecule has 0 fully saturated rings. The van der Waals surface area contributed by atoms with E-state index in [1.54, 1.807) is 37.3 Å². The minimum atomic E-state index is -4.73. The smallest absolute Gasteiger partial charge is 0.365 e. The van der Waals surface area contributed by atoms with Crippen LogP contribution in [0.4, 0.5) is 36.4 Å². The normalized spacial score (nSPS) is 11.8. The summed E-state index contributed by atoms with van der Waals surface area (Å²) in [5, 5.41) is 19.1. The van der Waals surface area contributed by atoms with E-state index >= 15 is 0 Å². The van der Waals surface area contributed by atoms with Crippen LogP contribution in [0.15, 0.2) is 42.7 Å². The topological polar surface area (TPSA) is 163 Å². The lowest BCUT2D eigenvalue weighted by Crippen LogP contribution is -2.17. The molecule has 0 amide bonds. The van der Waals surface area contributed by atoms with Gasteiger partial charge in [0.1, 0.15) is 17.2 Å². The largest absolute Gasteiger partial charge is 0.421 e. The van der Waals surface area contributed by atoms with Gasteiger partial charge in [-0.3, -0.25) is 4.72 Å². The minimum Gasteiger partial charge on any atom is -0.365 e. The molecule has 3 heterocycles. The Labute approximate surface area is 202 Å². The first-order valence-corrected chi connectivity index (χ1v) is 12.1. The van der Waals surface area contributed by atoms with Gasteiger partial charge in [-0.1, -0.05) is 0 Å². The third-order valence-corrected chi connectivity index (χ3v) is 5.41.